The van der Waals surface area contributed by atoms with Crippen molar-refractivity contribution in [3.05, 3.63) is 60.2 Å². The molecule has 2 aromatic rings. The number of para-hydroxylation sites is 1. The summed E-state index contributed by atoms with van der Waals surface area (Å²) in [6.45, 7) is 7.23. The van der Waals surface area contributed by atoms with Crippen molar-refractivity contribution in [2.75, 3.05) is 13.2 Å². The van der Waals surface area contributed by atoms with E-state index >= 15 is 0 Å². The smallest absolute Gasteiger partial charge is 0.197 e. The van der Waals surface area contributed by atoms with Gasteiger partial charge < -0.3 is 14.2 Å². The van der Waals surface area contributed by atoms with Gasteiger partial charge in [0.25, 0.3) is 0 Å². The first-order valence-corrected chi connectivity index (χ1v) is 7.71. The summed E-state index contributed by atoms with van der Waals surface area (Å²) in [5.41, 5.74) is 1.30. The van der Waals surface area contributed by atoms with Gasteiger partial charge in [-0.15, -0.1) is 0 Å². The van der Waals surface area contributed by atoms with E-state index in [0.29, 0.717) is 19.1 Å². The summed E-state index contributed by atoms with van der Waals surface area (Å²) < 4.78 is 16.9. The maximum atomic E-state index is 5.72. The van der Waals surface area contributed by atoms with Gasteiger partial charge in [0.15, 0.2) is 6.29 Å². The second-order valence-electron chi connectivity index (χ2n) is 5.44. The summed E-state index contributed by atoms with van der Waals surface area (Å²) in [6.07, 6.45) is -0.302. The molecule has 0 fully saturated rings. The molecule has 0 saturated carbocycles. The fraction of sp³-hybridized carbons (Fsp3) is 0.368. The van der Waals surface area contributed by atoms with Gasteiger partial charge in [-0.2, -0.15) is 0 Å². The SMILES string of the molecule is CC(OCCOc1ccccc1)Oc1ccc(C(C)C)cc1. The highest BCUT2D eigenvalue weighted by Gasteiger charge is 2.05. The molecule has 0 aliphatic heterocycles. The second kappa shape index (κ2) is 8.44. The average molecular weight is 300 g/mol. The molecule has 118 valence electrons. The van der Waals surface area contributed by atoms with Crippen LogP contribution in [-0.2, 0) is 4.74 Å². The summed E-state index contributed by atoms with van der Waals surface area (Å²) in [4.78, 5) is 0. The molecule has 0 saturated heterocycles. The van der Waals surface area contributed by atoms with Gasteiger partial charge in [-0.3, -0.25) is 0 Å². The normalized spacial score (nSPS) is 12.2. The molecular formula is C19H24O3. The summed E-state index contributed by atoms with van der Waals surface area (Å²) in [6, 6.07) is 17.9. The van der Waals surface area contributed by atoms with Crippen molar-refractivity contribution < 1.29 is 14.2 Å². The van der Waals surface area contributed by atoms with Crippen molar-refractivity contribution in [1.29, 1.82) is 0 Å². The topological polar surface area (TPSA) is 27.7 Å². The fourth-order valence-corrected chi connectivity index (χ4v) is 2.05. The summed E-state index contributed by atoms with van der Waals surface area (Å²) in [5, 5.41) is 0. The van der Waals surface area contributed by atoms with E-state index in [2.05, 4.69) is 26.0 Å². The minimum atomic E-state index is -0.302. The highest BCUT2D eigenvalue weighted by molar-refractivity contribution is 5.28. The van der Waals surface area contributed by atoms with Gasteiger partial charge in [0, 0.05) is 0 Å². The lowest BCUT2D eigenvalue weighted by Gasteiger charge is -2.16. The highest BCUT2D eigenvalue weighted by Crippen LogP contribution is 2.19. The molecule has 1 unspecified atom stereocenters. The van der Waals surface area contributed by atoms with E-state index in [1.54, 1.807) is 0 Å². The molecule has 2 rings (SSSR count). The Morgan fingerprint density at radius 3 is 2.09 bits per heavy atom. The zero-order valence-corrected chi connectivity index (χ0v) is 13.5. The molecule has 0 amide bonds. The van der Waals surface area contributed by atoms with Gasteiger partial charge in [0.05, 0.1) is 6.61 Å². The van der Waals surface area contributed by atoms with Crippen LogP contribution in [0.25, 0.3) is 0 Å². The van der Waals surface area contributed by atoms with Crippen molar-refractivity contribution >= 4 is 0 Å². The monoisotopic (exact) mass is 300 g/mol. The van der Waals surface area contributed by atoms with E-state index < -0.39 is 0 Å². The van der Waals surface area contributed by atoms with E-state index in [1.807, 2.05) is 49.4 Å². The highest BCUT2D eigenvalue weighted by atomic mass is 16.7. The third-order valence-corrected chi connectivity index (χ3v) is 3.30. The lowest BCUT2D eigenvalue weighted by molar-refractivity contribution is -0.0739. The Labute approximate surface area is 132 Å². The Morgan fingerprint density at radius 1 is 0.773 bits per heavy atom. The average Bonchev–Trinajstić information content (AvgIpc) is 2.53. The molecular weight excluding hydrogens is 276 g/mol. The first-order valence-electron chi connectivity index (χ1n) is 7.71. The Bertz CT molecular complexity index is 534. The largest absolute Gasteiger partial charge is 0.491 e. The van der Waals surface area contributed by atoms with Crippen molar-refractivity contribution in [3.63, 3.8) is 0 Å². The lowest BCUT2D eigenvalue weighted by Crippen LogP contribution is -2.19. The quantitative estimate of drug-likeness (QED) is 0.525. The number of benzene rings is 2. The van der Waals surface area contributed by atoms with Gasteiger partial charge in [-0.05, 0) is 42.7 Å². The first-order chi connectivity index (χ1) is 10.6. The first kappa shape index (κ1) is 16.4. The molecule has 0 aliphatic rings. The van der Waals surface area contributed by atoms with E-state index in [9.17, 15) is 0 Å². The summed E-state index contributed by atoms with van der Waals surface area (Å²) in [5.74, 6) is 2.20. The van der Waals surface area contributed by atoms with E-state index in [0.717, 1.165) is 11.5 Å². The van der Waals surface area contributed by atoms with E-state index in [1.165, 1.54) is 5.56 Å². The summed E-state index contributed by atoms with van der Waals surface area (Å²) >= 11 is 0. The molecule has 0 aromatic heterocycles. The van der Waals surface area contributed by atoms with Crippen LogP contribution >= 0.6 is 0 Å². The molecule has 0 N–H and O–H groups in total. The van der Waals surface area contributed by atoms with Gasteiger partial charge in [-0.25, -0.2) is 0 Å². The number of hydrogen-bond donors (Lipinski definition) is 0. The lowest BCUT2D eigenvalue weighted by atomic mass is 10.0. The third-order valence-electron chi connectivity index (χ3n) is 3.30. The van der Waals surface area contributed by atoms with Crippen LogP contribution in [-0.4, -0.2) is 19.5 Å². The number of hydrogen-bond acceptors (Lipinski definition) is 3. The van der Waals surface area contributed by atoms with Gasteiger partial charge in [0.2, 0.25) is 0 Å². The zero-order valence-electron chi connectivity index (χ0n) is 13.5. The van der Waals surface area contributed by atoms with Crippen LogP contribution in [0.15, 0.2) is 54.6 Å². The fourth-order valence-electron chi connectivity index (χ4n) is 2.05. The Morgan fingerprint density at radius 2 is 1.45 bits per heavy atom. The Balaban J connectivity index is 1.68. The van der Waals surface area contributed by atoms with Crippen LogP contribution in [0.3, 0.4) is 0 Å². The molecule has 1 atom stereocenters. The van der Waals surface area contributed by atoms with Gasteiger partial charge in [-0.1, -0.05) is 44.2 Å². The second-order valence-corrected chi connectivity index (χ2v) is 5.44. The van der Waals surface area contributed by atoms with Crippen molar-refractivity contribution in [2.24, 2.45) is 0 Å². The molecule has 0 bridgehead atoms. The van der Waals surface area contributed by atoms with Crippen molar-refractivity contribution in [3.8, 4) is 11.5 Å². The maximum Gasteiger partial charge on any atom is 0.197 e. The molecule has 3 nitrogen and oxygen atoms in total. The summed E-state index contributed by atoms with van der Waals surface area (Å²) in [7, 11) is 0. The maximum absolute atomic E-state index is 5.72. The Kier molecular flexibility index (Phi) is 6.28. The molecule has 0 heterocycles. The van der Waals surface area contributed by atoms with Crippen LogP contribution < -0.4 is 9.47 Å². The molecule has 22 heavy (non-hydrogen) atoms. The zero-order chi connectivity index (χ0) is 15.8. The number of ether oxygens (including phenoxy) is 3. The van der Waals surface area contributed by atoms with Crippen LogP contribution in [0.5, 0.6) is 11.5 Å². The predicted molar refractivity (Wildman–Crippen MR) is 88.5 cm³/mol. The third kappa shape index (κ3) is 5.41. The molecule has 2 aromatic carbocycles. The Hall–Kier alpha value is -2.00. The molecule has 3 heteroatoms. The van der Waals surface area contributed by atoms with Crippen molar-refractivity contribution in [1.82, 2.24) is 0 Å². The standard InChI is InChI=1S/C19H24O3/c1-15(2)17-9-11-19(12-10-17)22-16(3)20-13-14-21-18-7-5-4-6-8-18/h4-12,15-16H,13-14H2,1-3H3. The predicted octanol–water partition coefficient (Wildman–Crippen LogP) is 4.63. The molecule has 0 spiro atoms. The van der Waals surface area contributed by atoms with Crippen molar-refractivity contribution in [2.45, 2.75) is 33.0 Å². The minimum absolute atomic E-state index is 0.302. The van der Waals surface area contributed by atoms with Crippen LogP contribution in [0.4, 0.5) is 0 Å². The molecule has 0 radical (unpaired) electrons. The van der Waals surface area contributed by atoms with Gasteiger partial charge in [0.1, 0.15) is 18.1 Å². The van der Waals surface area contributed by atoms with Crippen LogP contribution in [0, 0.1) is 0 Å². The van der Waals surface area contributed by atoms with Crippen LogP contribution in [0.1, 0.15) is 32.3 Å². The molecule has 0 aliphatic carbocycles. The number of rotatable bonds is 8. The van der Waals surface area contributed by atoms with E-state index in [-0.39, 0.29) is 6.29 Å². The minimum Gasteiger partial charge on any atom is -0.491 e. The van der Waals surface area contributed by atoms with E-state index in [4.69, 9.17) is 14.2 Å². The van der Waals surface area contributed by atoms with Crippen LogP contribution in [0.2, 0.25) is 0 Å². The van der Waals surface area contributed by atoms with Gasteiger partial charge >= 0.3 is 0 Å².